The summed E-state index contributed by atoms with van der Waals surface area (Å²) >= 11 is 5.97. The van der Waals surface area contributed by atoms with Crippen LogP contribution in [0.3, 0.4) is 0 Å². The second-order valence-electron chi connectivity index (χ2n) is 2.15. The van der Waals surface area contributed by atoms with E-state index in [4.69, 9.17) is 21.5 Å². The number of oxime groups is 1. The van der Waals surface area contributed by atoms with Crippen LogP contribution >= 0.6 is 11.6 Å². The first-order chi connectivity index (χ1) is 5.73. The van der Waals surface area contributed by atoms with Gasteiger partial charge in [0.15, 0.2) is 0 Å². The van der Waals surface area contributed by atoms with Crippen molar-refractivity contribution >= 4 is 17.9 Å². The molecule has 1 aliphatic rings. The Morgan fingerprint density at radius 1 is 1.67 bits per heavy atom. The molecule has 0 aromatic carbocycles. The molecule has 1 rings (SSSR count). The van der Waals surface area contributed by atoms with Crippen molar-refractivity contribution in [2.24, 2.45) is 5.16 Å². The average Bonchev–Trinajstić information content (AvgIpc) is 2.10. The third kappa shape index (κ3) is 1.60. The van der Waals surface area contributed by atoms with Crippen molar-refractivity contribution in [1.29, 1.82) is 0 Å². The van der Waals surface area contributed by atoms with Gasteiger partial charge in [0.2, 0.25) is 5.18 Å². The Balaban J connectivity index is 2.84. The Bertz CT molecular complexity index is 240. The van der Waals surface area contributed by atoms with Crippen LogP contribution in [0.15, 0.2) is 29.6 Å². The summed E-state index contributed by atoms with van der Waals surface area (Å²) in [5.74, 6) is 0. The van der Waals surface area contributed by atoms with Gasteiger partial charge >= 0.3 is 0 Å². The summed E-state index contributed by atoms with van der Waals surface area (Å²) < 4.78 is 4.99. The van der Waals surface area contributed by atoms with Crippen molar-refractivity contribution in [3.63, 3.8) is 0 Å². The highest BCUT2D eigenvalue weighted by Crippen LogP contribution is 2.25. The molecule has 5 heteroatoms. The monoisotopic (exact) mass is 188 g/mol. The van der Waals surface area contributed by atoms with Gasteiger partial charge in [0.05, 0.1) is 0 Å². The first-order valence-corrected chi connectivity index (χ1v) is 3.67. The maximum absolute atomic E-state index is 8.30. The lowest BCUT2D eigenvalue weighted by Crippen LogP contribution is -2.40. The fourth-order valence-electron chi connectivity index (χ4n) is 0.851. The second-order valence-corrected chi connectivity index (χ2v) is 2.69. The summed E-state index contributed by atoms with van der Waals surface area (Å²) in [5, 5.41) is 10.1. The minimum atomic E-state index is -1.08. The first-order valence-electron chi connectivity index (χ1n) is 3.29. The molecule has 0 fully saturated rings. The van der Waals surface area contributed by atoms with Gasteiger partial charge in [-0.2, -0.15) is 0 Å². The van der Waals surface area contributed by atoms with E-state index < -0.39 is 5.18 Å². The van der Waals surface area contributed by atoms with Crippen molar-refractivity contribution in [3.8, 4) is 0 Å². The highest BCUT2D eigenvalue weighted by molar-refractivity contribution is 6.24. The van der Waals surface area contributed by atoms with E-state index in [1.54, 1.807) is 24.4 Å². The molecule has 4 nitrogen and oxygen atoms in total. The number of allylic oxidation sites excluding steroid dienone is 2. The highest BCUT2D eigenvalue weighted by Gasteiger charge is 2.30. The normalized spacial score (nSPS) is 28.7. The van der Waals surface area contributed by atoms with E-state index in [2.05, 4.69) is 5.16 Å². The van der Waals surface area contributed by atoms with Gasteiger partial charge in [-0.25, -0.2) is 0 Å². The van der Waals surface area contributed by atoms with Crippen molar-refractivity contribution in [2.45, 2.75) is 5.18 Å². The number of hydrogen-bond donors (Lipinski definition) is 1. The molecule has 1 unspecified atom stereocenters. The van der Waals surface area contributed by atoms with Crippen LogP contribution in [0.5, 0.6) is 0 Å². The number of methoxy groups -OCH3 is 1. The van der Waals surface area contributed by atoms with E-state index >= 15 is 0 Å². The maximum Gasteiger partial charge on any atom is 0.244 e. The zero-order valence-electron chi connectivity index (χ0n) is 6.51. The predicted molar refractivity (Wildman–Crippen MR) is 46.0 cm³/mol. The van der Waals surface area contributed by atoms with Crippen molar-refractivity contribution in [2.75, 3.05) is 7.11 Å². The standard InChI is InChI=1S/C7H9ClN2O2/c1-12-7(8)4-2-3-5-10(7)6-9-11/h2-6,11H,1H3. The lowest BCUT2D eigenvalue weighted by atomic mass is 10.3. The van der Waals surface area contributed by atoms with E-state index in [0.717, 1.165) is 6.34 Å². The lowest BCUT2D eigenvalue weighted by Gasteiger charge is -2.32. The van der Waals surface area contributed by atoms with Gasteiger partial charge in [0.1, 0.15) is 6.34 Å². The molecule has 1 N–H and O–H groups in total. The number of rotatable bonds is 2. The molecule has 0 aliphatic carbocycles. The van der Waals surface area contributed by atoms with E-state index in [9.17, 15) is 0 Å². The summed E-state index contributed by atoms with van der Waals surface area (Å²) in [6.07, 6.45) is 7.93. The van der Waals surface area contributed by atoms with Gasteiger partial charge in [-0.1, -0.05) is 22.8 Å². The summed E-state index contributed by atoms with van der Waals surface area (Å²) in [7, 11) is 1.47. The number of alkyl halides is 1. The third-order valence-corrected chi connectivity index (χ3v) is 1.95. The minimum absolute atomic E-state index is 1.08. The van der Waals surface area contributed by atoms with E-state index in [0.29, 0.717) is 0 Å². The Labute approximate surface area is 75.4 Å². The van der Waals surface area contributed by atoms with E-state index in [1.807, 2.05) is 0 Å². The van der Waals surface area contributed by atoms with Gasteiger partial charge in [-0.05, 0) is 12.2 Å². The molecule has 12 heavy (non-hydrogen) atoms. The molecule has 0 aromatic heterocycles. The largest absolute Gasteiger partial charge is 0.410 e. The molecule has 1 atom stereocenters. The maximum atomic E-state index is 8.30. The second kappa shape index (κ2) is 3.60. The molecule has 0 radical (unpaired) electrons. The first kappa shape index (κ1) is 9.09. The van der Waals surface area contributed by atoms with Crippen LogP contribution in [0.1, 0.15) is 0 Å². The quantitative estimate of drug-likeness (QED) is 0.178. The molecule has 0 saturated carbocycles. The molecule has 0 amide bonds. The van der Waals surface area contributed by atoms with Crippen LogP contribution in [-0.4, -0.2) is 28.7 Å². The molecular weight excluding hydrogens is 180 g/mol. The molecule has 0 aromatic rings. The molecule has 66 valence electrons. The molecule has 1 aliphatic heterocycles. The molecular formula is C7H9ClN2O2. The van der Waals surface area contributed by atoms with Crippen LogP contribution in [0.25, 0.3) is 0 Å². The Morgan fingerprint density at radius 3 is 3.00 bits per heavy atom. The molecule has 0 bridgehead atoms. The number of hydrogen-bond acceptors (Lipinski definition) is 3. The Morgan fingerprint density at radius 2 is 2.42 bits per heavy atom. The minimum Gasteiger partial charge on any atom is -0.410 e. The molecule has 0 saturated heterocycles. The number of ether oxygens (including phenoxy) is 1. The van der Waals surface area contributed by atoms with Crippen molar-refractivity contribution in [1.82, 2.24) is 4.90 Å². The SMILES string of the molecule is COC1(Cl)C=CC=CN1C=NO. The van der Waals surface area contributed by atoms with Crippen molar-refractivity contribution < 1.29 is 9.94 Å². The van der Waals surface area contributed by atoms with Gasteiger partial charge in [-0.3, -0.25) is 4.90 Å². The Kier molecular flexibility index (Phi) is 2.73. The fourth-order valence-corrected chi connectivity index (χ4v) is 1.02. The topological polar surface area (TPSA) is 45.1 Å². The fraction of sp³-hybridized carbons (Fsp3) is 0.286. The number of halogens is 1. The van der Waals surface area contributed by atoms with E-state index in [-0.39, 0.29) is 0 Å². The van der Waals surface area contributed by atoms with Crippen LogP contribution in [0.2, 0.25) is 0 Å². The van der Waals surface area contributed by atoms with Crippen LogP contribution < -0.4 is 0 Å². The van der Waals surface area contributed by atoms with Crippen LogP contribution in [-0.2, 0) is 4.74 Å². The third-order valence-electron chi connectivity index (χ3n) is 1.47. The summed E-state index contributed by atoms with van der Waals surface area (Å²) in [6, 6.07) is 0. The average molecular weight is 189 g/mol. The van der Waals surface area contributed by atoms with Gasteiger partial charge in [0, 0.05) is 13.3 Å². The van der Waals surface area contributed by atoms with Crippen molar-refractivity contribution in [3.05, 3.63) is 24.4 Å². The summed E-state index contributed by atoms with van der Waals surface area (Å²) in [4.78, 5) is 1.43. The Hall–Kier alpha value is -1.00. The molecule has 1 heterocycles. The summed E-state index contributed by atoms with van der Waals surface area (Å²) in [6.45, 7) is 0. The van der Waals surface area contributed by atoms with Crippen LogP contribution in [0, 0.1) is 0 Å². The highest BCUT2D eigenvalue weighted by atomic mass is 35.5. The smallest absolute Gasteiger partial charge is 0.244 e. The van der Waals surface area contributed by atoms with Gasteiger partial charge in [0.25, 0.3) is 0 Å². The van der Waals surface area contributed by atoms with Gasteiger partial charge < -0.3 is 9.94 Å². The van der Waals surface area contributed by atoms with Gasteiger partial charge in [-0.15, -0.1) is 0 Å². The lowest BCUT2D eigenvalue weighted by molar-refractivity contribution is 0.0290. The summed E-state index contributed by atoms with van der Waals surface area (Å²) in [5.41, 5.74) is 0. The molecule has 0 spiro atoms. The zero-order chi connectivity index (χ0) is 9.03. The van der Waals surface area contributed by atoms with Crippen LogP contribution in [0.4, 0.5) is 0 Å². The van der Waals surface area contributed by atoms with E-state index in [1.165, 1.54) is 12.0 Å². The number of nitrogens with zero attached hydrogens (tertiary/aromatic N) is 2. The zero-order valence-corrected chi connectivity index (χ0v) is 7.27. The predicted octanol–water partition coefficient (Wildman–Crippen LogP) is 1.33.